The van der Waals surface area contributed by atoms with Crippen molar-refractivity contribution >= 4 is 10.0 Å². The standard InChI is InChI=1S/C10H17N3O2S/c1-3-4-9(11)8-5-7(2)6-13-10(8)16(12,14)15/h5-6,9H,3-4,11H2,1-2H3,(H2,12,14,15)/t9-/m0/s1. The van der Waals surface area contributed by atoms with Gasteiger partial charge in [0.05, 0.1) is 0 Å². The molecule has 1 heterocycles. The minimum absolute atomic E-state index is 0.112. The maximum Gasteiger partial charge on any atom is 0.255 e. The van der Waals surface area contributed by atoms with Crippen molar-refractivity contribution in [2.75, 3.05) is 0 Å². The minimum Gasteiger partial charge on any atom is -0.324 e. The van der Waals surface area contributed by atoms with Crippen LogP contribution in [-0.4, -0.2) is 13.4 Å². The summed E-state index contributed by atoms with van der Waals surface area (Å²) in [6, 6.07) is 1.39. The van der Waals surface area contributed by atoms with Crippen LogP contribution in [0.15, 0.2) is 17.3 Å². The lowest BCUT2D eigenvalue weighted by Crippen LogP contribution is -2.21. The molecule has 1 aromatic rings. The average Bonchev–Trinajstić information content (AvgIpc) is 2.16. The zero-order valence-corrected chi connectivity index (χ0v) is 10.3. The highest BCUT2D eigenvalue weighted by molar-refractivity contribution is 7.89. The van der Waals surface area contributed by atoms with Crippen molar-refractivity contribution in [3.05, 3.63) is 23.4 Å². The Bertz CT molecular complexity index is 471. The maximum atomic E-state index is 11.3. The molecule has 5 nitrogen and oxygen atoms in total. The van der Waals surface area contributed by atoms with E-state index in [0.717, 1.165) is 12.0 Å². The quantitative estimate of drug-likeness (QED) is 0.818. The van der Waals surface area contributed by atoms with Gasteiger partial charge in [0.15, 0.2) is 5.03 Å². The van der Waals surface area contributed by atoms with Crippen molar-refractivity contribution in [3.63, 3.8) is 0 Å². The van der Waals surface area contributed by atoms with Crippen molar-refractivity contribution in [1.29, 1.82) is 0 Å². The molecule has 6 heteroatoms. The Morgan fingerprint density at radius 2 is 2.12 bits per heavy atom. The van der Waals surface area contributed by atoms with Crippen molar-refractivity contribution in [3.8, 4) is 0 Å². The maximum absolute atomic E-state index is 11.3. The van der Waals surface area contributed by atoms with Crippen LogP contribution in [0, 0.1) is 6.92 Å². The second-order valence-electron chi connectivity index (χ2n) is 3.85. The molecule has 1 aromatic heterocycles. The monoisotopic (exact) mass is 243 g/mol. The number of rotatable bonds is 4. The van der Waals surface area contributed by atoms with Crippen LogP contribution in [0.3, 0.4) is 0 Å². The molecule has 0 unspecified atom stereocenters. The third-order valence-corrected chi connectivity index (χ3v) is 3.16. The Labute approximate surface area is 95.9 Å². The molecule has 1 atom stereocenters. The van der Waals surface area contributed by atoms with Crippen LogP contribution in [0.5, 0.6) is 0 Å². The summed E-state index contributed by atoms with van der Waals surface area (Å²) in [6.45, 7) is 3.82. The summed E-state index contributed by atoms with van der Waals surface area (Å²) in [4.78, 5) is 3.86. The fourth-order valence-corrected chi connectivity index (χ4v) is 2.29. The van der Waals surface area contributed by atoms with Gasteiger partial charge in [-0.2, -0.15) is 0 Å². The fourth-order valence-electron chi connectivity index (χ4n) is 1.55. The molecule has 0 amide bonds. The van der Waals surface area contributed by atoms with Gasteiger partial charge < -0.3 is 5.73 Å². The van der Waals surface area contributed by atoms with Gasteiger partial charge in [-0.15, -0.1) is 0 Å². The number of aromatic nitrogens is 1. The molecule has 16 heavy (non-hydrogen) atoms. The molecular formula is C10H17N3O2S. The van der Waals surface area contributed by atoms with Gasteiger partial charge in [0, 0.05) is 17.8 Å². The molecule has 90 valence electrons. The molecule has 4 N–H and O–H groups in total. The van der Waals surface area contributed by atoms with E-state index in [1.165, 1.54) is 6.20 Å². The topological polar surface area (TPSA) is 99.1 Å². The zero-order chi connectivity index (χ0) is 12.3. The average molecular weight is 243 g/mol. The van der Waals surface area contributed by atoms with Crippen LogP contribution >= 0.6 is 0 Å². The molecule has 0 aliphatic carbocycles. The third-order valence-electron chi connectivity index (χ3n) is 2.28. The highest BCUT2D eigenvalue weighted by Crippen LogP contribution is 2.22. The minimum atomic E-state index is -3.80. The highest BCUT2D eigenvalue weighted by Gasteiger charge is 2.19. The molecule has 0 aliphatic heterocycles. The second kappa shape index (κ2) is 4.90. The first kappa shape index (κ1) is 13.1. The van der Waals surface area contributed by atoms with E-state index in [4.69, 9.17) is 10.9 Å². The first-order valence-corrected chi connectivity index (χ1v) is 6.65. The molecule has 1 rings (SSSR count). The molecule has 0 saturated heterocycles. The summed E-state index contributed by atoms with van der Waals surface area (Å²) in [7, 11) is -3.80. The van der Waals surface area contributed by atoms with Crippen molar-refractivity contribution in [2.45, 2.75) is 37.8 Å². The normalized spacial score (nSPS) is 13.8. The van der Waals surface area contributed by atoms with Crippen LogP contribution in [0.25, 0.3) is 0 Å². The molecule has 0 aliphatic rings. The number of hydrogen-bond donors (Lipinski definition) is 2. The van der Waals surface area contributed by atoms with Crippen LogP contribution in [0.4, 0.5) is 0 Å². The van der Waals surface area contributed by atoms with Crippen LogP contribution in [0.1, 0.15) is 36.9 Å². The summed E-state index contributed by atoms with van der Waals surface area (Å²) in [5.74, 6) is 0. The molecule has 0 spiro atoms. The number of sulfonamides is 1. The number of pyridine rings is 1. The van der Waals surface area contributed by atoms with Crippen LogP contribution in [-0.2, 0) is 10.0 Å². The van der Waals surface area contributed by atoms with E-state index in [2.05, 4.69) is 4.98 Å². The van der Waals surface area contributed by atoms with Gasteiger partial charge in [-0.05, 0) is 18.9 Å². The first-order valence-electron chi connectivity index (χ1n) is 5.11. The summed E-state index contributed by atoms with van der Waals surface area (Å²) < 4.78 is 22.7. The molecular weight excluding hydrogens is 226 g/mol. The van der Waals surface area contributed by atoms with Gasteiger partial charge in [-0.25, -0.2) is 18.5 Å². The van der Waals surface area contributed by atoms with Gasteiger partial charge in [-0.3, -0.25) is 0 Å². The van der Waals surface area contributed by atoms with Crippen LogP contribution in [0.2, 0.25) is 0 Å². The van der Waals surface area contributed by atoms with E-state index in [1.807, 2.05) is 13.8 Å². The number of nitrogens with two attached hydrogens (primary N) is 2. The van der Waals surface area contributed by atoms with E-state index < -0.39 is 10.0 Å². The molecule has 0 aromatic carbocycles. The summed E-state index contributed by atoms with van der Waals surface area (Å²) in [5, 5.41) is 4.98. The van der Waals surface area contributed by atoms with Crippen molar-refractivity contribution in [2.24, 2.45) is 10.9 Å². The lowest BCUT2D eigenvalue weighted by molar-refractivity contribution is 0.580. The number of hydrogen-bond acceptors (Lipinski definition) is 4. The first-order chi connectivity index (χ1) is 7.36. The van der Waals surface area contributed by atoms with Gasteiger partial charge >= 0.3 is 0 Å². The van der Waals surface area contributed by atoms with E-state index in [0.29, 0.717) is 12.0 Å². The van der Waals surface area contributed by atoms with Crippen LogP contribution < -0.4 is 10.9 Å². The Hall–Kier alpha value is -0.980. The highest BCUT2D eigenvalue weighted by atomic mass is 32.2. The number of primary sulfonamides is 1. The van der Waals surface area contributed by atoms with E-state index >= 15 is 0 Å². The molecule has 0 fully saturated rings. The summed E-state index contributed by atoms with van der Waals surface area (Å²) in [5.41, 5.74) is 7.29. The Balaban J connectivity index is 3.29. The second-order valence-corrected chi connectivity index (χ2v) is 5.32. The molecule has 0 saturated carbocycles. The van der Waals surface area contributed by atoms with Gasteiger partial charge in [0.1, 0.15) is 0 Å². The molecule has 0 bridgehead atoms. The summed E-state index contributed by atoms with van der Waals surface area (Å²) in [6.07, 6.45) is 3.05. The predicted molar refractivity (Wildman–Crippen MR) is 62.2 cm³/mol. The SMILES string of the molecule is CCC[C@H](N)c1cc(C)cnc1S(N)(=O)=O. The Kier molecular flexibility index (Phi) is 4.01. The Morgan fingerprint density at radius 3 is 2.62 bits per heavy atom. The smallest absolute Gasteiger partial charge is 0.255 e. The zero-order valence-electron chi connectivity index (χ0n) is 9.47. The van der Waals surface area contributed by atoms with E-state index in [1.54, 1.807) is 6.07 Å². The van der Waals surface area contributed by atoms with E-state index in [9.17, 15) is 8.42 Å². The van der Waals surface area contributed by atoms with Gasteiger partial charge in [-0.1, -0.05) is 19.4 Å². The third kappa shape index (κ3) is 3.01. The number of nitrogens with zero attached hydrogens (tertiary/aromatic N) is 1. The van der Waals surface area contributed by atoms with Gasteiger partial charge in [0.25, 0.3) is 10.0 Å². The van der Waals surface area contributed by atoms with E-state index in [-0.39, 0.29) is 11.1 Å². The summed E-state index contributed by atoms with van der Waals surface area (Å²) >= 11 is 0. The Morgan fingerprint density at radius 1 is 1.50 bits per heavy atom. The van der Waals surface area contributed by atoms with Gasteiger partial charge in [0.2, 0.25) is 0 Å². The lowest BCUT2D eigenvalue weighted by atomic mass is 10.0. The van der Waals surface area contributed by atoms with Crippen molar-refractivity contribution < 1.29 is 8.42 Å². The largest absolute Gasteiger partial charge is 0.324 e. The molecule has 0 radical (unpaired) electrons. The van der Waals surface area contributed by atoms with Crippen molar-refractivity contribution in [1.82, 2.24) is 4.98 Å². The predicted octanol–water partition coefficient (Wildman–Crippen LogP) is 0.837. The number of aryl methyl sites for hydroxylation is 1. The fraction of sp³-hybridized carbons (Fsp3) is 0.500. The lowest BCUT2D eigenvalue weighted by Gasteiger charge is -2.14.